The molecular formula is C39H68N2O8. The van der Waals surface area contributed by atoms with E-state index in [-0.39, 0.29) is 17.9 Å². The van der Waals surface area contributed by atoms with Crippen LogP contribution in [0, 0.1) is 52.3 Å². The predicted molar refractivity (Wildman–Crippen MR) is 187 cm³/mol. The van der Waals surface area contributed by atoms with Crippen LogP contribution in [0.1, 0.15) is 125 Å². The fourth-order valence-electron chi connectivity index (χ4n) is 12.1. The average Bonchev–Trinajstić information content (AvgIpc) is 3.42. The van der Waals surface area contributed by atoms with Gasteiger partial charge in [-0.3, -0.25) is 9.59 Å². The maximum Gasteiger partial charge on any atom is 0.280 e. The fourth-order valence-corrected chi connectivity index (χ4v) is 12.1. The topological polar surface area (TPSA) is 158 Å². The minimum absolute atomic E-state index is 0.0780. The van der Waals surface area contributed by atoms with Crippen molar-refractivity contribution >= 4 is 11.8 Å². The van der Waals surface area contributed by atoms with Gasteiger partial charge in [0.1, 0.15) is 18.3 Å². The molecule has 5 fully saturated rings. The van der Waals surface area contributed by atoms with Gasteiger partial charge >= 0.3 is 0 Å². The molecule has 2 amide bonds. The Balaban J connectivity index is 1.24. The van der Waals surface area contributed by atoms with Crippen LogP contribution < -0.4 is 10.6 Å². The molecule has 2 unspecified atom stereocenters. The maximum absolute atomic E-state index is 14.0. The molecule has 1 heterocycles. The number of hydrogen-bond acceptors (Lipinski definition) is 8. The third kappa shape index (κ3) is 7.48. The van der Waals surface area contributed by atoms with E-state index in [1.165, 1.54) is 71.8 Å². The van der Waals surface area contributed by atoms with E-state index in [4.69, 9.17) is 9.47 Å². The Kier molecular flexibility index (Phi) is 12.2. The molecular weight excluding hydrogens is 624 g/mol. The number of aliphatic hydroxyl groups is 4. The van der Waals surface area contributed by atoms with Crippen LogP contribution in [0.25, 0.3) is 0 Å². The van der Waals surface area contributed by atoms with Crippen LogP contribution in [-0.2, 0) is 19.1 Å². The normalized spacial score (nSPS) is 43.9. The highest BCUT2D eigenvalue weighted by molar-refractivity contribution is 5.84. The van der Waals surface area contributed by atoms with Gasteiger partial charge in [-0.25, -0.2) is 0 Å². The number of carbonyl (C=O) groups is 2. The van der Waals surface area contributed by atoms with Crippen LogP contribution in [-0.4, -0.2) is 88.2 Å². The van der Waals surface area contributed by atoms with Crippen LogP contribution >= 0.6 is 0 Å². The molecule has 10 nitrogen and oxygen atoms in total. The molecule has 1 aliphatic heterocycles. The Bertz CT molecular complexity index is 1150. The molecule has 6 N–H and O–H groups in total. The van der Waals surface area contributed by atoms with Crippen molar-refractivity contribution in [3.8, 4) is 0 Å². The van der Waals surface area contributed by atoms with Gasteiger partial charge in [0.25, 0.3) is 11.7 Å². The SMILES string of the molecule is CO[C@]1(C(=O)N[C@@H]2CC[C@]3(C)C4CCC5(C)[C@@H]([C@H](C)CCCC(C)C)CC[C@H]5[C@@H]4CC[C@H]3C2)C[C@H](O)[C@@H](NC(C)=O)[C@H]([C@H](O)[C@H](O)CO)O1. The van der Waals surface area contributed by atoms with Gasteiger partial charge in [0.15, 0.2) is 0 Å². The highest BCUT2D eigenvalue weighted by Gasteiger charge is 2.61. The van der Waals surface area contributed by atoms with E-state index in [1.807, 2.05) is 0 Å². The van der Waals surface area contributed by atoms with Gasteiger partial charge in [-0.05, 0) is 110 Å². The van der Waals surface area contributed by atoms with Crippen molar-refractivity contribution in [1.29, 1.82) is 0 Å². The van der Waals surface area contributed by atoms with E-state index in [1.54, 1.807) is 0 Å². The first-order chi connectivity index (χ1) is 23.1. The highest BCUT2D eigenvalue weighted by atomic mass is 16.7. The molecule has 10 heteroatoms. The second kappa shape index (κ2) is 15.4. The summed E-state index contributed by atoms with van der Waals surface area (Å²) in [5.74, 6) is 2.33. The van der Waals surface area contributed by atoms with Crippen molar-refractivity contribution in [2.45, 2.75) is 167 Å². The molecule has 5 aliphatic rings. The molecule has 0 radical (unpaired) electrons. The summed E-state index contributed by atoms with van der Waals surface area (Å²) in [5, 5.41) is 47.3. The molecule has 15 atom stereocenters. The monoisotopic (exact) mass is 692 g/mol. The highest BCUT2D eigenvalue weighted by Crippen LogP contribution is 2.68. The molecule has 0 bridgehead atoms. The minimum atomic E-state index is -1.94. The lowest BCUT2D eigenvalue weighted by Crippen LogP contribution is -2.69. The summed E-state index contributed by atoms with van der Waals surface area (Å²) in [4.78, 5) is 25.9. The number of fused-ring (bicyclic) bond motifs is 5. The zero-order valence-corrected chi connectivity index (χ0v) is 31.3. The third-order valence-corrected chi connectivity index (χ3v) is 14.7. The summed E-state index contributed by atoms with van der Waals surface area (Å²) in [7, 11) is 1.31. The fraction of sp³-hybridized carbons (Fsp3) is 0.949. The van der Waals surface area contributed by atoms with Crippen LogP contribution in [0.3, 0.4) is 0 Å². The van der Waals surface area contributed by atoms with Gasteiger partial charge < -0.3 is 40.5 Å². The Morgan fingerprint density at radius 2 is 1.63 bits per heavy atom. The van der Waals surface area contributed by atoms with Gasteiger partial charge in [0.2, 0.25) is 5.91 Å². The van der Waals surface area contributed by atoms with E-state index in [0.717, 1.165) is 54.8 Å². The number of methoxy groups -OCH3 is 1. The first kappa shape index (κ1) is 38.9. The molecule has 4 aliphatic carbocycles. The molecule has 0 aromatic rings. The summed E-state index contributed by atoms with van der Waals surface area (Å²) in [6.07, 6.45) is 8.44. The molecule has 282 valence electrons. The molecule has 49 heavy (non-hydrogen) atoms. The number of amides is 2. The van der Waals surface area contributed by atoms with Crippen LogP contribution in [0.5, 0.6) is 0 Å². The summed E-state index contributed by atoms with van der Waals surface area (Å²) >= 11 is 0. The quantitative estimate of drug-likeness (QED) is 0.177. The van der Waals surface area contributed by atoms with Crippen LogP contribution in [0.15, 0.2) is 0 Å². The van der Waals surface area contributed by atoms with Crippen LogP contribution in [0.2, 0.25) is 0 Å². The summed E-state index contributed by atoms with van der Waals surface area (Å²) in [6.45, 7) is 12.9. The maximum atomic E-state index is 14.0. The first-order valence-electron chi connectivity index (χ1n) is 19.6. The van der Waals surface area contributed by atoms with Crippen molar-refractivity contribution in [3.05, 3.63) is 0 Å². The van der Waals surface area contributed by atoms with E-state index >= 15 is 0 Å². The molecule has 0 aromatic heterocycles. The largest absolute Gasteiger partial charge is 0.394 e. The predicted octanol–water partition coefficient (Wildman–Crippen LogP) is 4.30. The molecule has 0 aromatic carbocycles. The average molecular weight is 693 g/mol. The second-order valence-electron chi connectivity index (χ2n) is 17.9. The van der Waals surface area contributed by atoms with Crippen molar-refractivity contribution < 1.29 is 39.5 Å². The minimum Gasteiger partial charge on any atom is -0.394 e. The Labute approximate surface area is 294 Å². The van der Waals surface area contributed by atoms with E-state index in [0.29, 0.717) is 11.3 Å². The summed E-state index contributed by atoms with van der Waals surface area (Å²) in [5.41, 5.74) is 0.716. The molecule has 4 saturated carbocycles. The van der Waals surface area contributed by atoms with Crippen molar-refractivity contribution in [2.24, 2.45) is 52.3 Å². The van der Waals surface area contributed by atoms with Gasteiger partial charge in [0.05, 0.1) is 18.8 Å². The van der Waals surface area contributed by atoms with E-state index in [2.05, 4.69) is 45.3 Å². The zero-order chi connectivity index (χ0) is 35.9. The summed E-state index contributed by atoms with van der Waals surface area (Å²) < 4.78 is 11.7. The number of ether oxygens (including phenoxy) is 2. The van der Waals surface area contributed by atoms with E-state index in [9.17, 15) is 30.0 Å². The van der Waals surface area contributed by atoms with Gasteiger partial charge in [-0.15, -0.1) is 0 Å². The Morgan fingerprint density at radius 3 is 2.29 bits per heavy atom. The number of nitrogens with one attached hydrogen (secondary N) is 2. The van der Waals surface area contributed by atoms with Gasteiger partial charge in [-0.1, -0.05) is 53.9 Å². The molecule has 0 spiro atoms. The number of hydrogen-bond donors (Lipinski definition) is 6. The third-order valence-electron chi connectivity index (χ3n) is 14.7. The van der Waals surface area contributed by atoms with Crippen LogP contribution in [0.4, 0.5) is 0 Å². The summed E-state index contributed by atoms with van der Waals surface area (Å²) in [6, 6.07) is -1.19. The van der Waals surface area contributed by atoms with Gasteiger partial charge in [-0.2, -0.15) is 0 Å². The van der Waals surface area contributed by atoms with Crippen molar-refractivity contribution in [1.82, 2.24) is 10.6 Å². The molecule has 5 rings (SSSR count). The second-order valence-corrected chi connectivity index (χ2v) is 17.9. The molecule has 1 saturated heterocycles. The number of aliphatic hydroxyl groups excluding tert-OH is 4. The van der Waals surface area contributed by atoms with Crippen molar-refractivity contribution in [2.75, 3.05) is 13.7 Å². The van der Waals surface area contributed by atoms with Crippen molar-refractivity contribution in [3.63, 3.8) is 0 Å². The smallest absolute Gasteiger partial charge is 0.280 e. The number of rotatable bonds is 12. The van der Waals surface area contributed by atoms with E-state index < -0.39 is 54.7 Å². The standard InChI is InChI=1S/C39H68N2O8/c1-22(2)9-8-10-23(3)28-13-14-29-27-12-11-25-19-26(15-17-37(25,5)30(27)16-18-38(28,29)6)41-36(47)39(48-7)20-31(44)33(40-24(4)43)35(49-39)34(46)32(45)21-42/h22-23,25-35,42,44-46H,8-21H2,1-7H3,(H,40,43)(H,41,47)/t23-,25+,26-,27+,28-,29+,30?,31+,32-,33-,34-,35-,37+,38?,39-/m1/s1. The Hall–Kier alpha value is -1.30. The Morgan fingerprint density at radius 1 is 0.939 bits per heavy atom. The lowest BCUT2D eigenvalue weighted by Gasteiger charge is -2.61. The first-order valence-corrected chi connectivity index (χ1v) is 19.6. The zero-order valence-electron chi connectivity index (χ0n) is 31.3. The lowest BCUT2D eigenvalue weighted by molar-refractivity contribution is -0.296. The number of carbonyl (C=O) groups excluding carboxylic acids is 2. The van der Waals surface area contributed by atoms with Gasteiger partial charge in [0, 0.05) is 26.5 Å². The lowest BCUT2D eigenvalue weighted by atomic mass is 9.44.